The Morgan fingerprint density at radius 3 is 2.78 bits per heavy atom. The molecule has 0 saturated carbocycles. The van der Waals surface area contributed by atoms with Gasteiger partial charge in [0.15, 0.2) is 5.96 Å². The molecule has 1 N–H and O–H groups in total. The van der Waals surface area contributed by atoms with E-state index in [0.717, 1.165) is 44.7 Å². The second kappa shape index (κ2) is 11.9. The predicted molar refractivity (Wildman–Crippen MR) is 123 cm³/mol. The summed E-state index contributed by atoms with van der Waals surface area (Å²) in [5.74, 6) is 1.79. The molecule has 2 aliphatic rings. The van der Waals surface area contributed by atoms with Gasteiger partial charge >= 0.3 is 0 Å². The van der Waals surface area contributed by atoms with E-state index in [1.807, 2.05) is 7.05 Å². The SMILES string of the molecule is CN=C(NCC1CCCN1CCOC)N1CCC(Cc2ccccc2)C1.I. The van der Waals surface area contributed by atoms with Crippen molar-refractivity contribution in [2.45, 2.75) is 31.7 Å². The number of halogens is 1. The fourth-order valence-corrected chi connectivity index (χ4v) is 4.31. The van der Waals surface area contributed by atoms with Gasteiger partial charge in [-0.2, -0.15) is 0 Å². The summed E-state index contributed by atoms with van der Waals surface area (Å²) in [6.45, 7) is 6.23. The maximum absolute atomic E-state index is 5.25. The lowest BCUT2D eigenvalue weighted by Gasteiger charge is -2.27. The van der Waals surface area contributed by atoms with Crippen LogP contribution in [0.25, 0.3) is 0 Å². The van der Waals surface area contributed by atoms with Crippen LogP contribution in [0.2, 0.25) is 0 Å². The van der Waals surface area contributed by atoms with Crippen molar-refractivity contribution >= 4 is 29.9 Å². The van der Waals surface area contributed by atoms with Crippen LogP contribution in [0.3, 0.4) is 0 Å². The van der Waals surface area contributed by atoms with Crippen LogP contribution in [0.4, 0.5) is 0 Å². The fraction of sp³-hybridized carbons (Fsp3) is 0.667. The number of benzene rings is 1. The number of aliphatic imine (C=N–C) groups is 1. The minimum Gasteiger partial charge on any atom is -0.383 e. The Labute approximate surface area is 181 Å². The molecule has 2 unspecified atom stereocenters. The highest BCUT2D eigenvalue weighted by Gasteiger charge is 2.27. The van der Waals surface area contributed by atoms with Gasteiger partial charge in [0.1, 0.15) is 0 Å². The first-order valence-corrected chi connectivity index (χ1v) is 10.0. The standard InChI is InChI=1S/C21H34N4O.HI/c1-22-21(23-16-20-9-6-11-24(20)13-14-26-2)25-12-10-19(17-25)15-18-7-4-3-5-8-18;/h3-5,7-8,19-20H,6,9-17H2,1-2H3,(H,22,23);1H. The Morgan fingerprint density at radius 1 is 1.22 bits per heavy atom. The van der Waals surface area contributed by atoms with Gasteiger partial charge < -0.3 is 15.0 Å². The highest BCUT2D eigenvalue weighted by molar-refractivity contribution is 14.0. The average molecular weight is 486 g/mol. The molecule has 0 bridgehead atoms. The van der Waals surface area contributed by atoms with Crippen LogP contribution in [-0.4, -0.2) is 75.3 Å². The summed E-state index contributed by atoms with van der Waals surface area (Å²) < 4.78 is 5.25. The fourth-order valence-electron chi connectivity index (χ4n) is 4.31. The van der Waals surface area contributed by atoms with Crippen molar-refractivity contribution < 1.29 is 4.74 Å². The molecule has 2 fully saturated rings. The molecule has 0 aromatic heterocycles. The largest absolute Gasteiger partial charge is 0.383 e. The summed E-state index contributed by atoms with van der Waals surface area (Å²) in [5.41, 5.74) is 1.45. The minimum atomic E-state index is 0. The second-order valence-electron chi connectivity index (χ2n) is 7.54. The van der Waals surface area contributed by atoms with E-state index >= 15 is 0 Å². The van der Waals surface area contributed by atoms with Gasteiger partial charge in [-0.05, 0) is 43.7 Å². The van der Waals surface area contributed by atoms with Gasteiger partial charge in [0.2, 0.25) is 0 Å². The molecule has 2 aliphatic heterocycles. The Kier molecular flexibility index (Phi) is 9.86. The molecule has 1 aromatic rings. The van der Waals surface area contributed by atoms with E-state index < -0.39 is 0 Å². The number of nitrogens with zero attached hydrogens (tertiary/aromatic N) is 3. The maximum Gasteiger partial charge on any atom is 0.193 e. The van der Waals surface area contributed by atoms with E-state index in [0.29, 0.717) is 6.04 Å². The number of hydrogen-bond acceptors (Lipinski definition) is 3. The van der Waals surface area contributed by atoms with E-state index in [2.05, 4.69) is 50.4 Å². The number of ether oxygens (including phenoxy) is 1. The molecule has 2 heterocycles. The van der Waals surface area contributed by atoms with Crippen molar-refractivity contribution in [3.05, 3.63) is 35.9 Å². The third-order valence-electron chi connectivity index (χ3n) is 5.74. The Bertz CT molecular complexity index is 569. The first-order valence-electron chi connectivity index (χ1n) is 10.0. The summed E-state index contributed by atoms with van der Waals surface area (Å²) in [6.07, 6.45) is 4.97. The van der Waals surface area contributed by atoms with Gasteiger partial charge in [0, 0.05) is 46.4 Å². The summed E-state index contributed by atoms with van der Waals surface area (Å²) in [5, 5.41) is 3.64. The second-order valence-corrected chi connectivity index (χ2v) is 7.54. The number of nitrogens with one attached hydrogen (secondary N) is 1. The molecular weight excluding hydrogens is 451 g/mol. The average Bonchev–Trinajstić information content (AvgIpc) is 3.31. The van der Waals surface area contributed by atoms with Crippen molar-refractivity contribution in [1.29, 1.82) is 0 Å². The van der Waals surface area contributed by atoms with Crippen molar-refractivity contribution in [3.63, 3.8) is 0 Å². The Morgan fingerprint density at radius 2 is 2.04 bits per heavy atom. The Hall–Kier alpha value is -0.860. The van der Waals surface area contributed by atoms with E-state index in [-0.39, 0.29) is 24.0 Å². The van der Waals surface area contributed by atoms with E-state index in [9.17, 15) is 0 Å². The van der Waals surface area contributed by atoms with Gasteiger partial charge in [-0.1, -0.05) is 30.3 Å². The summed E-state index contributed by atoms with van der Waals surface area (Å²) in [7, 11) is 3.69. The van der Waals surface area contributed by atoms with Crippen LogP contribution < -0.4 is 5.32 Å². The molecule has 3 rings (SSSR count). The molecule has 6 heteroatoms. The lowest BCUT2D eigenvalue weighted by molar-refractivity contribution is 0.141. The monoisotopic (exact) mass is 486 g/mol. The smallest absolute Gasteiger partial charge is 0.193 e. The lowest BCUT2D eigenvalue weighted by atomic mass is 9.99. The van der Waals surface area contributed by atoms with E-state index in [4.69, 9.17) is 4.74 Å². The molecule has 27 heavy (non-hydrogen) atoms. The van der Waals surface area contributed by atoms with Crippen LogP contribution >= 0.6 is 24.0 Å². The van der Waals surface area contributed by atoms with Gasteiger partial charge in [-0.15, -0.1) is 24.0 Å². The van der Waals surface area contributed by atoms with Crippen LogP contribution in [0.1, 0.15) is 24.8 Å². The normalized spacial score (nSPS) is 23.5. The third-order valence-corrected chi connectivity index (χ3v) is 5.74. The van der Waals surface area contributed by atoms with Gasteiger partial charge in [0.25, 0.3) is 0 Å². The molecule has 5 nitrogen and oxygen atoms in total. The molecule has 2 atom stereocenters. The molecule has 0 radical (unpaired) electrons. The lowest BCUT2D eigenvalue weighted by Crippen LogP contribution is -2.46. The predicted octanol–water partition coefficient (Wildman–Crippen LogP) is 2.86. The highest BCUT2D eigenvalue weighted by Crippen LogP contribution is 2.21. The maximum atomic E-state index is 5.25. The molecule has 2 saturated heterocycles. The number of hydrogen-bond donors (Lipinski definition) is 1. The first-order chi connectivity index (χ1) is 12.8. The quantitative estimate of drug-likeness (QED) is 0.366. The molecule has 0 aliphatic carbocycles. The topological polar surface area (TPSA) is 40.1 Å². The molecule has 0 amide bonds. The highest BCUT2D eigenvalue weighted by atomic mass is 127. The summed E-state index contributed by atoms with van der Waals surface area (Å²) in [4.78, 5) is 9.53. The van der Waals surface area contributed by atoms with E-state index in [1.54, 1.807) is 7.11 Å². The number of rotatable bonds is 7. The van der Waals surface area contributed by atoms with E-state index in [1.165, 1.54) is 37.8 Å². The number of guanidine groups is 1. The number of likely N-dealkylation sites (tertiary alicyclic amines) is 2. The first kappa shape index (κ1) is 22.4. The van der Waals surface area contributed by atoms with Crippen molar-refractivity contribution in [3.8, 4) is 0 Å². The third kappa shape index (κ3) is 6.61. The summed E-state index contributed by atoms with van der Waals surface area (Å²) in [6, 6.07) is 11.5. The van der Waals surface area contributed by atoms with Gasteiger partial charge in [-0.3, -0.25) is 9.89 Å². The Balaban J connectivity index is 0.00000261. The number of methoxy groups -OCH3 is 1. The van der Waals surface area contributed by atoms with Gasteiger partial charge in [0.05, 0.1) is 6.61 Å². The van der Waals surface area contributed by atoms with Crippen LogP contribution in [-0.2, 0) is 11.2 Å². The summed E-state index contributed by atoms with van der Waals surface area (Å²) >= 11 is 0. The zero-order valence-corrected chi connectivity index (χ0v) is 19.1. The van der Waals surface area contributed by atoms with Gasteiger partial charge in [-0.25, -0.2) is 0 Å². The zero-order valence-electron chi connectivity index (χ0n) is 16.8. The molecule has 1 aromatic carbocycles. The molecule has 152 valence electrons. The molecule has 0 spiro atoms. The van der Waals surface area contributed by atoms with Crippen LogP contribution in [0.15, 0.2) is 35.3 Å². The van der Waals surface area contributed by atoms with Crippen molar-refractivity contribution in [1.82, 2.24) is 15.1 Å². The zero-order chi connectivity index (χ0) is 18.2. The van der Waals surface area contributed by atoms with Crippen LogP contribution in [0, 0.1) is 5.92 Å². The minimum absolute atomic E-state index is 0. The molecular formula is C21H35IN4O. The van der Waals surface area contributed by atoms with Crippen molar-refractivity contribution in [2.75, 3.05) is 53.5 Å². The van der Waals surface area contributed by atoms with Crippen molar-refractivity contribution in [2.24, 2.45) is 10.9 Å². The van der Waals surface area contributed by atoms with Crippen LogP contribution in [0.5, 0.6) is 0 Å².